The Bertz CT molecular complexity index is 604. The fraction of sp³-hybridized carbons (Fsp3) is 0.389. The Morgan fingerprint density at radius 1 is 1.10 bits per heavy atom. The van der Waals surface area contributed by atoms with Crippen LogP contribution in [0, 0.1) is 0 Å². The van der Waals surface area contributed by atoms with E-state index >= 15 is 0 Å². The van der Waals surface area contributed by atoms with Gasteiger partial charge < -0.3 is 10.1 Å². The molecule has 2 atom stereocenters. The zero-order chi connectivity index (χ0) is 15.2. The second-order valence-corrected chi connectivity index (χ2v) is 5.31. The number of rotatable bonds is 6. The van der Waals surface area contributed by atoms with Gasteiger partial charge in [0.2, 0.25) is 0 Å². The van der Waals surface area contributed by atoms with E-state index in [2.05, 4.69) is 12.2 Å². The van der Waals surface area contributed by atoms with Crippen molar-refractivity contribution in [2.75, 3.05) is 0 Å². The van der Waals surface area contributed by atoms with E-state index in [1.807, 2.05) is 56.3 Å². The molecule has 0 heterocycles. The molecule has 21 heavy (non-hydrogen) atoms. The van der Waals surface area contributed by atoms with Crippen molar-refractivity contribution < 1.29 is 9.53 Å². The average molecular weight is 285 g/mol. The Labute approximate surface area is 126 Å². The molecule has 0 saturated heterocycles. The molecule has 2 rings (SSSR count). The maximum absolute atomic E-state index is 12.2. The van der Waals surface area contributed by atoms with Crippen LogP contribution in [0.5, 0.6) is 5.75 Å². The van der Waals surface area contributed by atoms with E-state index in [9.17, 15) is 4.79 Å². The number of carbonyl (C=O) groups excluding carboxylic acids is 1. The molecule has 0 radical (unpaired) electrons. The zero-order valence-corrected chi connectivity index (χ0v) is 12.9. The molecule has 0 spiro atoms. The van der Waals surface area contributed by atoms with E-state index in [-0.39, 0.29) is 11.9 Å². The maximum Gasteiger partial charge on any atom is 0.261 e. The van der Waals surface area contributed by atoms with Crippen LogP contribution in [-0.4, -0.2) is 18.1 Å². The summed E-state index contributed by atoms with van der Waals surface area (Å²) in [5, 5.41) is 5.14. The Hall–Kier alpha value is -2.03. The van der Waals surface area contributed by atoms with Gasteiger partial charge in [0.1, 0.15) is 5.75 Å². The molecule has 1 amide bonds. The monoisotopic (exact) mass is 285 g/mol. The number of benzene rings is 2. The van der Waals surface area contributed by atoms with Gasteiger partial charge in [-0.2, -0.15) is 0 Å². The molecule has 0 saturated carbocycles. The van der Waals surface area contributed by atoms with Crippen molar-refractivity contribution in [1.29, 1.82) is 0 Å². The third-order valence-corrected chi connectivity index (χ3v) is 3.68. The van der Waals surface area contributed by atoms with Crippen LogP contribution < -0.4 is 10.1 Å². The van der Waals surface area contributed by atoms with E-state index < -0.39 is 6.10 Å². The minimum absolute atomic E-state index is 0.0419. The third kappa shape index (κ3) is 3.75. The third-order valence-electron chi connectivity index (χ3n) is 3.68. The van der Waals surface area contributed by atoms with Crippen molar-refractivity contribution in [1.82, 2.24) is 5.32 Å². The number of hydrogen-bond donors (Lipinski definition) is 1. The van der Waals surface area contributed by atoms with Crippen LogP contribution in [0.1, 0.15) is 33.6 Å². The Balaban J connectivity index is 2.19. The summed E-state index contributed by atoms with van der Waals surface area (Å²) in [5.41, 5.74) is 0. The van der Waals surface area contributed by atoms with Crippen molar-refractivity contribution in [3.63, 3.8) is 0 Å². The second-order valence-electron chi connectivity index (χ2n) is 5.31. The summed E-state index contributed by atoms with van der Waals surface area (Å²) in [6, 6.07) is 14.1. The van der Waals surface area contributed by atoms with E-state index in [1.165, 1.54) is 0 Å². The van der Waals surface area contributed by atoms with Crippen molar-refractivity contribution in [3.8, 4) is 5.75 Å². The number of ether oxygens (including phenoxy) is 1. The van der Waals surface area contributed by atoms with Crippen molar-refractivity contribution >= 4 is 16.7 Å². The SMILES string of the molecule is CC[C@H](Oc1cccc2ccccc12)C(=O)N[C@@H](C)CC. The first-order chi connectivity index (χ1) is 10.2. The van der Waals surface area contributed by atoms with Crippen LogP contribution in [0.2, 0.25) is 0 Å². The van der Waals surface area contributed by atoms with Crippen LogP contribution in [0.15, 0.2) is 42.5 Å². The highest BCUT2D eigenvalue weighted by molar-refractivity contribution is 5.89. The summed E-state index contributed by atoms with van der Waals surface area (Å²) in [6.45, 7) is 6.02. The lowest BCUT2D eigenvalue weighted by molar-refractivity contribution is -0.128. The molecule has 0 aliphatic heterocycles. The van der Waals surface area contributed by atoms with Crippen molar-refractivity contribution in [2.45, 2.75) is 45.8 Å². The lowest BCUT2D eigenvalue weighted by Crippen LogP contribution is -2.42. The number of carbonyl (C=O) groups is 1. The first-order valence-corrected chi connectivity index (χ1v) is 7.60. The summed E-state index contributed by atoms with van der Waals surface area (Å²) in [5.74, 6) is 0.721. The number of nitrogens with one attached hydrogen (secondary N) is 1. The first-order valence-electron chi connectivity index (χ1n) is 7.60. The average Bonchev–Trinajstić information content (AvgIpc) is 2.52. The van der Waals surface area contributed by atoms with Gasteiger partial charge in [0.25, 0.3) is 5.91 Å². The normalized spacial score (nSPS) is 13.7. The largest absolute Gasteiger partial charge is 0.480 e. The highest BCUT2D eigenvalue weighted by Gasteiger charge is 2.20. The molecule has 1 N–H and O–H groups in total. The van der Waals surface area contributed by atoms with E-state index in [0.29, 0.717) is 6.42 Å². The molecule has 3 heteroatoms. The molecule has 0 fully saturated rings. The summed E-state index contributed by atoms with van der Waals surface area (Å²) < 4.78 is 5.97. The van der Waals surface area contributed by atoms with Gasteiger partial charge in [0.15, 0.2) is 6.10 Å². The molecule has 0 aliphatic rings. The van der Waals surface area contributed by atoms with Crippen LogP contribution in [0.4, 0.5) is 0 Å². The van der Waals surface area contributed by atoms with Gasteiger partial charge >= 0.3 is 0 Å². The minimum atomic E-state index is -0.454. The molecule has 2 aromatic rings. The maximum atomic E-state index is 12.2. The molecule has 0 aliphatic carbocycles. The minimum Gasteiger partial charge on any atom is -0.480 e. The number of hydrogen-bond acceptors (Lipinski definition) is 2. The Morgan fingerprint density at radius 3 is 2.52 bits per heavy atom. The topological polar surface area (TPSA) is 38.3 Å². The summed E-state index contributed by atoms with van der Waals surface area (Å²) in [4.78, 5) is 12.2. The lowest BCUT2D eigenvalue weighted by Gasteiger charge is -2.20. The Morgan fingerprint density at radius 2 is 1.81 bits per heavy atom. The summed E-state index contributed by atoms with van der Waals surface area (Å²) in [6.07, 6.45) is 1.10. The fourth-order valence-electron chi connectivity index (χ4n) is 2.21. The molecular weight excluding hydrogens is 262 g/mol. The second kappa shape index (κ2) is 7.11. The highest BCUT2D eigenvalue weighted by atomic mass is 16.5. The van der Waals surface area contributed by atoms with Gasteiger partial charge in [-0.3, -0.25) is 4.79 Å². The molecule has 0 unspecified atom stereocenters. The number of fused-ring (bicyclic) bond motifs is 1. The van der Waals surface area contributed by atoms with Gasteiger partial charge in [-0.25, -0.2) is 0 Å². The predicted octanol–water partition coefficient (Wildman–Crippen LogP) is 3.91. The first kappa shape index (κ1) is 15.4. The van der Waals surface area contributed by atoms with Gasteiger partial charge in [0, 0.05) is 11.4 Å². The highest BCUT2D eigenvalue weighted by Crippen LogP contribution is 2.26. The van der Waals surface area contributed by atoms with Gasteiger partial charge in [0.05, 0.1) is 0 Å². The predicted molar refractivity (Wildman–Crippen MR) is 86.6 cm³/mol. The van der Waals surface area contributed by atoms with Crippen LogP contribution >= 0.6 is 0 Å². The fourth-order valence-corrected chi connectivity index (χ4v) is 2.21. The smallest absolute Gasteiger partial charge is 0.261 e. The molecule has 0 bridgehead atoms. The van der Waals surface area contributed by atoms with E-state index in [0.717, 1.165) is 22.9 Å². The zero-order valence-electron chi connectivity index (χ0n) is 12.9. The molecule has 2 aromatic carbocycles. The van der Waals surface area contributed by atoms with Crippen LogP contribution in [-0.2, 0) is 4.79 Å². The van der Waals surface area contributed by atoms with E-state index in [1.54, 1.807) is 0 Å². The van der Waals surface area contributed by atoms with Crippen molar-refractivity contribution in [2.24, 2.45) is 0 Å². The van der Waals surface area contributed by atoms with Crippen LogP contribution in [0.3, 0.4) is 0 Å². The summed E-state index contributed by atoms with van der Waals surface area (Å²) >= 11 is 0. The van der Waals surface area contributed by atoms with Gasteiger partial charge in [-0.15, -0.1) is 0 Å². The standard InChI is InChI=1S/C18H23NO2/c1-4-13(3)19-18(20)16(5-2)21-17-12-8-10-14-9-6-7-11-15(14)17/h6-13,16H,4-5H2,1-3H3,(H,19,20)/t13-,16-/m0/s1. The van der Waals surface area contributed by atoms with Gasteiger partial charge in [-0.1, -0.05) is 50.2 Å². The van der Waals surface area contributed by atoms with Crippen LogP contribution in [0.25, 0.3) is 10.8 Å². The molecular formula is C18H23NO2. The summed E-state index contributed by atoms with van der Waals surface area (Å²) in [7, 11) is 0. The van der Waals surface area contributed by atoms with Gasteiger partial charge in [-0.05, 0) is 31.2 Å². The quantitative estimate of drug-likeness (QED) is 0.873. The lowest BCUT2D eigenvalue weighted by atomic mass is 10.1. The molecule has 112 valence electrons. The Kier molecular flexibility index (Phi) is 5.20. The van der Waals surface area contributed by atoms with E-state index in [4.69, 9.17) is 4.74 Å². The molecule has 0 aromatic heterocycles. The molecule has 3 nitrogen and oxygen atoms in total. The number of amides is 1. The van der Waals surface area contributed by atoms with Crippen molar-refractivity contribution in [3.05, 3.63) is 42.5 Å².